The molecule has 2 aliphatic heterocycles. The lowest BCUT2D eigenvalue weighted by Crippen LogP contribution is -2.54. The van der Waals surface area contributed by atoms with Crippen LogP contribution >= 0.6 is 0 Å². The predicted molar refractivity (Wildman–Crippen MR) is 115 cm³/mol. The molecular formula is C20H28N4O5S2. The highest BCUT2D eigenvalue weighted by Gasteiger charge is 2.36. The summed E-state index contributed by atoms with van der Waals surface area (Å²) >= 11 is 0. The van der Waals surface area contributed by atoms with E-state index in [-0.39, 0.29) is 55.2 Å². The number of piperazine rings is 1. The van der Waals surface area contributed by atoms with Crippen molar-refractivity contribution >= 4 is 26.0 Å². The Kier molecular flexibility index (Phi) is 7.36. The molecule has 1 aromatic carbocycles. The summed E-state index contributed by atoms with van der Waals surface area (Å²) in [5.41, 5.74) is 0.386. The third-order valence-corrected chi connectivity index (χ3v) is 9.72. The quantitative estimate of drug-likeness (QED) is 0.610. The first kappa shape index (κ1) is 23.7. The third kappa shape index (κ3) is 5.26. The van der Waals surface area contributed by atoms with Gasteiger partial charge in [-0.15, -0.1) is 0 Å². The number of carbonyl (C=O) groups excluding carboxylic acids is 1. The number of hydrogen-bond acceptors (Lipinski definition) is 6. The van der Waals surface area contributed by atoms with Crippen molar-refractivity contribution in [3.05, 3.63) is 29.8 Å². The zero-order valence-electron chi connectivity index (χ0n) is 17.6. The summed E-state index contributed by atoms with van der Waals surface area (Å²) in [5, 5.41) is 8.87. The van der Waals surface area contributed by atoms with Crippen molar-refractivity contribution in [2.24, 2.45) is 5.92 Å². The Morgan fingerprint density at radius 2 is 1.68 bits per heavy atom. The van der Waals surface area contributed by atoms with Crippen molar-refractivity contribution in [2.45, 2.75) is 31.1 Å². The van der Waals surface area contributed by atoms with Crippen molar-refractivity contribution in [2.75, 3.05) is 45.0 Å². The summed E-state index contributed by atoms with van der Waals surface area (Å²) in [7, 11) is -7.04. The number of sulfonamides is 2. The van der Waals surface area contributed by atoms with E-state index < -0.39 is 20.0 Å². The molecule has 0 aliphatic carbocycles. The molecule has 0 radical (unpaired) electrons. The fourth-order valence-electron chi connectivity index (χ4n) is 4.04. The van der Waals surface area contributed by atoms with Crippen LogP contribution in [-0.4, -0.2) is 81.3 Å². The topological polar surface area (TPSA) is 119 Å². The first-order valence-corrected chi connectivity index (χ1v) is 13.5. The Morgan fingerprint density at radius 3 is 2.26 bits per heavy atom. The number of hydrogen-bond donors (Lipinski definition) is 0. The lowest BCUT2D eigenvalue weighted by Gasteiger charge is -2.38. The molecule has 1 atom stereocenters. The molecule has 0 saturated carbocycles. The van der Waals surface area contributed by atoms with E-state index in [1.807, 2.05) is 13.0 Å². The minimum Gasteiger partial charge on any atom is -0.340 e. The third-order valence-electron chi connectivity index (χ3n) is 5.76. The van der Waals surface area contributed by atoms with E-state index in [0.717, 1.165) is 0 Å². The normalized spacial score (nSPS) is 21.5. The summed E-state index contributed by atoms with van der Waals surface area (Å²) in [6, 6.07) is 7.72. The van der Waals surface area contributed by atoms with Gasteiger partial charge in [-0.05, 0) is 43.5 Å². The second-order valence-corrected chi connectivity index (χ2v) is 11.9. The van der Waals surface area contributed by atoms with Crippen LogP contribution in [0.15, 0.2) is 29.2 Å². The molecule has 0 N–H and O–H groups in total. The lowest BCUT2D eigenvalue weighted by molar-refractivity contribution is -0.137. The van der Waals surface area contributed by atoms with E-state index in [1.54, 1.807) is 4.90 Å². The van der Waals surface area contributed by atoms with E-state index in [4.69, 9.17) is 5.26 Å². The molecule has 0 aromatic heterocycles. The van der Waals surface area contributed by atoms with Gasteiger partial charge in [-0.2, -0.15) is 9.57 Å². The van der Waals surface area contributed by atoms with Gasteiger partial charge in [-0.25, -0.2) is 21.1 Å². The van der Waals surface area contributed by atoms with Crippen LogP contribution in [-0.2, 0) is 24.8 Å². The molecule has 0 spiro atoms. The summed E-state index contributed by atoms with van der Waals surface area (Å²) < 4.78 is 53.2. The van der Waals surface area contributed by atoms with Gasteiger partial charge < -0.3 is 4.90 Å². The second kappa shape index (κ2) is 9.65. The maximum absolute atomic E-state index is 13.0. The minimum absolute atomic E-state index is 0.0831. The van der Waals surface area contributed by atoms with Gasteiger partial charge in [-0.3, -0.25) is 4.79 Å². The predicted octanol–water partition coefficient (Wildman–Crippen LogP) is 0.843. The molecule has 3 rings (SSSR count). The Morgan fingerprint density at radius 1 is 1.03 bits per heavy atom. The number of benzene rings is 1. The van der Waals surface area contributed by atoms with Gasteiger partial charge in [0.2, 0.25) is 26.0 Å². The number of amides is 1. The zero-order valence-corrected chi connectivity index (χ0v) is 19.2. The van der Waals surface area contributed by atoms with E-state index >= 15 is 0 Å². The minimum atomic E-state index is -3.70. The number of carbonyl (C=O) groups is 1. The molecule has 2 aliphatic rings. The van der Waals surface area contributed by atoms with Crippen molar-refractivity contribution in [1.82, 2.24) is 13.5 Å². The van der Waals surface area contributed by atoms with Crippen LogP contribution in [0, 0.1) is 17.2 Å². The Bertz CT molecular complexity index is 1040. The summed E-state index contributed by atoms with van der Waals surface area (Å²) in [5.74, 6) is -0.409. The van der Waals surface area contributed by atoms with Gasteiger partial charge in [0.25, 0.3) is 0 Å². The number of nitrogens with zero attached hydrogens (tertiary/aromatic N) is 4. The molecular weight excluding hydrogens is 440 g/mol. The number of nitriles is 1. The van der Waals surface area contributed by atoms with Gasteiger partial charge in [-0.1, -0.05) is 6.92 Å². The fourth-order valence-corrected chi connectivity index (χ4v) is 7.05. The van der Waals surface area contributed by atoms with Gasteiger partial charge in [0.05, 0.1) is 28.2 Å². The van der Waals surface area contributed by atoms with E-state index in [0.29, 0.717) is 31.4 Å². The standard InChI is InChI=1S/C20H28N4O5S2/c1-2-14-30(26,27)24-9-3-4-18(16-24)20(25)22-10-12-23(13-11-22)31(28,29)19-7-5-17(15-21)6-8-19/h5-8,18H,2-4,9-14,16H2,1H3/t18-/m0/s1. The first-order valence-electron chi connectivity index (χ1n) is 10.5. The van der Waals surface area contributed by atoms with Crippen LogP contribution in [0.3, 0.4) is 0 Å². The molecule has 2 fully saturated rings. The average Bonchev–Trinajstić information content (AvgIpc) is 2.79. The highest BCUT2D eigenvalue weighted by atomic mass is 32.2. The van der Waals surface area contributed by atoms with Crippen LogP contribution in [0.1, 0.15) is 31.7 Å². The van der Waals surface area contributed by atoms with E-state index in [2.05, 4.69) is 0 Å². The van der Waals surface area contributed by atoms with Gasteiger partial charge in [0, 0.05) is 39.3 Å². The molecule has 2 heterocycles. The largest absolute Gasteiger partial charge is 0.340 e. The van der Waals surface area contributed by atoms with Gasteiger partial charge >= 0.3 is 0 Å². The first-order chi connectivity index (χ1) is 14.7. The number of rotatable bonds is 6. The molecule has 9 nitrogen and oxygen atoms in total. The van der Waals surface area contributed by atoms with Crippen molar-refractivity contribution in [3.8, 4) is 6.07 Å². The monoisotopic (exact) mass is 468 g/mol. The van der Waals surface area contributed by atoms with Crippen LogP contribution in [0.4, 0.5) is 0 Å². The summed E-state index contributed by atoms with van der Waals surface area (Å²) in [4.78, 5) is 14.8. The molecule has 11 heteroatoms. The van der Waals surface area contributed by atoms with E-state index in [9.17, 15) is 21.6 Å². The summed E-state index contributed by atoms with van der Waals surface area (Å²) in [6.45, 7) is 3.36. The molecule has 0 unspecified atom stereocenters. The van der Waals surface area contributed by atoms with Crippen molar-refractivity contribution in [3.63, 3.8) is 0 Å². The molecule has 0 bridgehead atoms. The van der Waals surface area contributed by atoms with Crippen LogP contribution in [0.2, 0.25) is 0 Å². The van der Waals surface area contributed by atoms with Crippen LogP contribution in [0.25, 0.3) is 0 Å². The maximum atomic E-state index is 13.0. The molecule has 31 heavy (non-hydrogen) atoms. The van der Waals surface area contributed by atoms with Crippen molar-refractivity contribution < 1.29 is 21.6 Å². The Hall–Kier alpha value is -2.00. The van der Waals surface area contributed by atoms with Crippen molar-refractivity contribution in [1.29, 1.82) is 5.26 Å². The van der Waals surface area contributed by atoms with E-state index in [1.165, 1.54) is 32.9 Å². The Balaban J connectivity index is 1.61. The second-order valence-electron chi connectivity index (χ2n) is 7.88. The van der Waals surface area contributed by atoms with Gasteiger partial charge in [0.15, 0.2) is 0 Å². The molecule has 1 aromatic rings. The summed E-state index contributed by atoms with van der Waals surface area (Å²) in [6.07, 6.45) is 1.82. The Labute approximate surface area is 184 Å². The molecule has 170 valence electrons. The smallest absolute Gasteiger partial charge is 0.243 e. The average molecular weight is 469 g/mol. The maximum Gasteiger partial charge on any atom is 0.243 e. The van der Waals surface area contributed by atoms with Crippen LogP contribution < -0.4 is 0 Å². The molecule has 1 amide bonds. The fraction of sp³-hybridized carbons (Fsp3) is 0.600. The number of piperidine rings is 1. The van der Waals surface area contributed by atoms with Crippen LogP contribution in [0.5, 0.6) is 0 Å². The SMILES string of the molecule is CCCS(=O)(=O)N1CCC[C@H](C(=O)N2CCN(S(=O)(=O)c3ccc(C#N)cc3)CC2)C1. The lowest BCUT2D eigenvalue weighted by atomic mass is 9.98. The molecule has 2 saturated heterocycles. The van der Waals surface area contributed by atoms with Gasteiger partial charge in [0.1, 0.15) is 0 Å². The zero-order chi connectivity index (χ0) is 22.6. The highest BCUT2D eigenvalue weighted by molar-refractivity contribution is 7.89. The highest BCUT2D eigenvalue weighted by Crippen LogP contribution is 2.24.